The Balaban J connectivity index is 2.37. The summed E-state index contributed by atoms with van der Waals surface area (Å²) in [4.78, 5) is 11.3. The number of amides is 1. The monoisotopic (exact) mass is 242 g/mol. The van der Waals surface area contributed by atoms with Crippen molar-refractivity contribution in [3.63, 3.8) is 0 Å². The van der Waals surface area contributed by atoms with Gasteiger partial charge in [0.1, 0.15) is 11.6 Å². The number of benzene rings is 1. The first-order valence-electron chi connectivity index (χ1n) is 5.54. The van der Waals surface area contributed by atoms with Crippen LogP contribution in [0.25, 0.3) is 0 Å². The molecular weight excluding hydrogens is 226 g/mol. The van der Waals surface area contributed by atoms with E-state index >= 15 is 0 Å². The van der Waals surface area contributed by atoms with Crippen LogP contribution in [0.4, 0.5) is 8.78 Å². The van der Waals surface area contributed by atoms with Crippen molar-refractivity contribution in [1.29, 1.82) is 0 Å². The number of nitrogens with one attached hydrogen (secondary N) is 2. The molecule has 0 aliphatic carbocycles. The first-order valence-corrected chi connectivity index (χ1v) is 5.54. The van der Waals surface area contributed by atoms with Crippen molar-refractivity contribution < 1.29 is 13.6 Å². The van der Waals surface area contributed by atoms with E-state index in [1.165, 1.54) is 12.1 Å². The minimum atomic E-state index is -0.642. The van der Waals surface area contributed by atoms with E-state index in [4.69, 9.17) is 0 Å². The van der Waals surface area contributed by atoms with Gasteiger partial charge >= 0.3 is 0 Å². The molecule has 1 aromatic carbocycles. The predicted molar refractivity (Wildman–Crippen MR) is 61.4 cm³/mol. The molecule has 0 aliphatic heterocycles. The average molecular weight is 242 g/mol. The van der Waals surface area contributed by atoms with E-state index < -0.39 is 11.6 Å². The van der Waals surface area contributed by atoms with Crippen LogP contribution in [0.5, 0.6) is 0 Å². The van der Waals surface area contributed by atoms with Crippen molar-refractivity contribution in [2.75, 3.05) is 13.1 Å². The van der Waals surface area contributed by atoms with Gasteiger partial charge in [-0.3, -0.25) is 4.79 Å². The Bertz CT molecular complexity index is 383. The highest BCUT2D eigenvalue weighted by molar-refractivity contribution is 5.76. The van der Waals surface area contributed by atoms with E-state index in [9.17, 15) is 13.6 Å². The number of hydrogen-bond acceptors (Lipinski definition) is 2. The van der Waals surface area contributed by atoms with Gasteiger partial charge in [-0.2, -0.15) is 0 Å². The smallest absolute Gasteiger partial charge is 0.221 e. The Labute approximate surface area is 99.2 Å². The lowest BCUT2D eigenvalue weighted by Crippen LogP contribution is -2.27. The molecule has 0 aliphatic rings. The van der Waals surface area contributed by atoms with Crippen LogP contribution in [0.1, 0.15) is 18.9 Å². The van der Waals surface area contributed by atoms with Gasteiger partial charge in [0, 0.05) is 31.1 Å². The first-order chi connectivity index (χ1) is 8.13. The highest BCUT2D eigenvalue weighted by Crippen LogP contribution is 2.08. The molecule has 94 valence electrons. The molecule has 0 aromatic heterocycles. The van der Waals surface area contributed by atoms with Gasteiger partial charge in [-0.05, 0) is 12.6 Å². The standard InChI is InChI=1S/C12H16F2N2O/c1-2-15-6-5-12(17)16-8-9-3-4-10(13)7-11(9)14/h3-4,7,15H,2,5-6,8H2,1H3,(H,16,17). The number of carbonyl (C=O) groups is 1. The minimum Gasteiger partial charge on any atom is -0.352 e. The van der Waals surface area contributed by atoms with Crippen LogP contribution >= 0.6 is 0 Å². The van der Waals surface area contributed by atoms with Gasteiger partial charge in [0.2, 0.25) is 5.91 Å². The van der Waals surface area contributed by atoms with Crippen LogP contribution in [0.15, 0.2) is 18.2 Å². The zero-order chi connectivity index (χ0) is 12.7. The summed E-state index contributed by atoms with van der Waals surface area (Å²) in [6.45, 7) is 3.43. The van der Waals surface area contributed by atoms with Gasteiger partial charge in [0.15, 0.2) is 0 Å². The lowest BCUT2D eigenvalue weighted by atomic mass is 10.2. The fraction of sp³-hybridized carbons (Fsp3) is 0.417. The zero-order valence-corrected chi connectivity index (χ0v) is 9.72. The Hall–Kier alpha value is -1.49. The molecular formula is C12H16F2N2O. The second kappa shape index (κ2) is 6.96. The van der Waals surface area contributed by atoms with Gasteiger partial charge < -0.3 is 10.6 Å². The fourth-order valence-electron chi connectivity index (χ4n) is 1.33. The highest BCUT2D eigenvalue weighted by atomic mass is 19.1. The van der Waals surface area contributed by atoms with Gasteiger partial charge in [0.05, 0.1) is 0 Å². The average Bonchev–Trinajstić information content (AvgIpc) is 2.28. The number of hydrogen-bond donors (Lipinski definition) is 2. The third kappa shape index (κ3) is 4.91. The fourth-order valence-corrected chi connectivity index (χ4v) is 1.33. The first kappa shape index (κ1) is 13.6. The normalized spacial score (nSPS) is 10.3. The Kier molecular flexibility index (Phi) is 5.56. The summed E-state index contributed by atoms with van der Waals surface area (Å²) in [6.07, 6.45) is 0.344. The van der Waals surface area contributed by atoms with Crippen LogP contribution in [0, 0.1) is 11.6 Å². The van der Waals surface area contributed by atoms with Crippen molar-refractivity contribution in [2.24, 2.45) is 0 Å². The molecule has 1 aromatic rings. The molecule has 5 heteroatoms. The van der Waals surface area contributed by atoms with Crippen molar-refractivity contribution in [3.8, 4) is 0 Å². The summed E-state index contributed by atoms with van der Waals surface area (Å²) in [5.41, 5.74) is 0.281. The summed E-state index contributed by atoms with van der Waals surface area (Å²) in [5.74, 6) is -1.42. The van der Waals surface area contributed by atoms with E-state index in [0.29, 0.717) is 13.0 Å². The number of rotatable bonds is 6. The van der Waals surface area contributed by atoms with E-state index in [1.54, 1.807) is 0 Å². The molecule has 0 spiro atoms. The number of halogens is 2. The van der Waals surface area contributed by atoms with Crippen LogP contribution in [0.3, 0.4) is 0 Å². The van der Waals surface area contributed by atoms with Crippen LogP contribution < -0.4 is 10.6 Å². The summed E-state index contributed by atoms with van der Waals surface area (Å²) in [7, 11) is 0. The zero-order valence-electron chi connectivity index (χ0n) is 9.72. The lowest BCUT2D eigenvalue weighted by Gasteiger charge is -2.06. The van der Waals surface area contributed by atoms with E-state index in [0.717, 1.165) is 12.6 Å². The minimum absolute atomic E-state index is 0.0804. The Morgan fingerprint density at radius 3 is 2.76 bits per heavy atom. The molecule has 0 atom stereocenters. The summed E-state index contributed by atoms with van der Waals surface area (Å²) < 4.78 is 25.8. The number of carbonyl (C=O) groups excluding carboxylic acids is 1. The van der Waals surface area contributed by atoms with Gasteiger partial charge in [-0.15, -0.1) is 0 Å². The maximum atomic E-state index is 13.2. The van der Waals surface area contributed by atoms with Gasteiger partial charge in [-0.25, -0.2) is 8.78 Å². The molecule has 17 heavy (non-hydrogen) atoms. The molecule has 0 unspecified atom stereocenters. The SMILES string of the molecule is CCNCCC(=O)NCc1ccc(F)cc1F. The molecule has 3 nitrogen and oxygen atoms in total. The molecule has 0 bridgehead atoms. The summed E-state index contributed by atoms with van der Waals surface area (Å²) in [6, 6.07) is 3.30. The van der Waals surface area contributed by atoms with E-state index in [-0.39, 0.29) is 18.0 Å². The largest absolute Gasteiger partial charge is 0.352 e. The van der Waals surface area contributed by atoms with Crippen molar-refractivity contribution in [2.45, 2.75) is 19.9 Å². The van der Waals surface area contributed by atoms with E-state index in [2.05, 4.69) is 10.6 Å². The van der Waals surface area contributed by atoms with Crippen molar-refractivity contribution >= 4 is 5.91 Å². The third-order valence-electron chi connectivity index (χ3n) is 2.27. The molecule has 0 saturated carbocycles. The molecule has 2 N–H and O–H groups in total. The molecule has 0 heterocycles. The lowest BCUT2D eigenvalue weighted by molar-refractivity contribution is -0.121. The second-order valence-electron chi connectivity index (χ2n) is 3.62. The van der Waals surface area contributed by atoms with Crippen LogP contribution in [-0.2, 0) is 11.3 Å². The third-order valence-corrected chi connectivity index (χ3v) is 2.27. The van der Waals surface area contributed by atoms with Crippen molar-refractivity contribution in [3.05, 3.63) is 35.4 Å². The topological polar surface area (TPSA) is 41.1 Å². The summed E-state index contributed by atoms with van der Waals surface area (Å²) in [5, 5.41) is 5.59. The molecule has 0 saturated heterocycles. The molecule has 0 fully saturated rings. The Morgan fingerprint density at radius 1 is 1.35 bits per heavy atom. The van der Waals surface area contributed by atoms with Crippen LogP contribution in [0.2, 0.25) is 0 Å². The molecule has 0 radical (unpaired) electrons. The molecule has 1 amide bonds. The highest BCUT2D eigenvalue weighted by Gasteiger charge is 2.05. The maximum absolute atomic E-state index is 13.2. The van der Waals surface area contributed by atoms with Crippen LogP contribution in [-0.4, -0.2) is 19.0 Å². The van der Waals surface area contributed by atoms with Crippen molar-refractivity contribution in [1.82, 2.24) is 10.6 Å². The summed E-state index contributed by atoms with van der Waals surface area (Å²) >= 11 is 0. The Morgan fingerprint density at radius 2 is 2.12 bits per heavy atom. The van der Waals surface area contributed by atoms with Gasteiger partial charge in [0.25, 0.3) is 0 Å². The quantitative estimate of drug-likeness (QED) is 0.744. The second-order valence-corrected chi connectivity index (χ2v) is 3.62. The maximum Gasteiger partial charge on any atom is 0.221 e. The van der Waals surface area contributed by atoms with Gasteiger partial charge in [-0.1, -0.05) is 13.0 Å². The predicted octanol–water partition coefficient (Wildman–Crippen LogP) is 1.58. The van der Waals surface area contributed by atoms with E-state index in [1.807, 2.05) is 6.92 Å². The molecule has 1 rings (SSSR count).